The molecule has 4 heteroatoms. The maximum atomic E-state index is 12.6. The molecule has 1 aliphatic heterocycles. The van der Waals surface area contributed by atoms with Gasteiger partial charge in [-0.25, -0.2) is 0 Å². The highest BCUT2D eigenvalue weighted by atomic mass is 79.9. The lowest BCUT2D eigenvalue weighted by Crippen LogP contribution is -2.31. The van der Waals surface area contributed by atoms with Gasteiger partial charge in [0.15, 0.2) is 5.78 Å². The number of phenols is 1. The highest BCUT2D eigenvalue weighted by Gasteiger charge is 2.29. The van der Waals surface area contributed by atoms with Crippen LogP contribution < -0.4 is 4.74 Å². The van der Waals surface area contributed by atoms with Gasteiger partial charge in [0.2, 0.25) is 0 Å². The molecule has 1 heterocycles. The van der Waals surface area contributed by atoms with Crippen LogP contribution in [0.5, 0.6) is 11.5 Å². The molecule has 29 heavy (non-hydrogen) atoms. The molecule has 1 N–H and O–H groups in total. The van der Waals surface area contributed by atoms with Gasteiger partial charge >= 0.3 is 0 Å². The number of rotatable bonds is 6. The van der Waals surface area contributed by atoms with Crippen molar-refractivity contribution in [2.45, 2.75) is 39.2 Å². The van der Waals surface area contributed by atoms with E-state index in [9.17, 15) is 9.90 Å². The summed E-state index contributed by atoms with van der Waals surface area (Å²) in [6.45, 7) is 6.19. The number of hydrogen-bond donors (Lipinski definition) is 1. The summed E-state index contributed by atoms with van der Waals surface area (Å²) in [5, 5.41) is 10.7. The van der Waals surface area contributed by atoms with Gasteiger partial charge in [-0.05, 0) is 81.7 Å². The van der Waals surface area contributed by atoms with Crippen molar-refractivity contribution in [3.8, 4) is 11.5 Å². The lowest BCUT2D eigenvalue weighted by molar-refractivity contribution is 0.104. The van der Waals surface area contributed by atoms with Gasteiger partial charge in [-0.3, -0.25) is 4.79 Å². The molecule has 0 spiro atoms. The van der Waals surface area contributed by atoms with Crippen molar-refractivity contribution < 1.29 is 14.6 Å². The number of ether oxygens (including phenoxy) is 1. The molecule has 150 valence electrons. The number of allylic oxidation sites excluding steroid dienone is 3. The van der Waals surface area contributed by atoms with Gasteiger partial charge in [0, 0.05) is 4.47 Å². The fraction of sp³-hybridized carbons (Fsp3) is 0.240. The van der Waals surface area contributed by atoms with Gasteiger partial charge in [-0.15, -0.1) is 0 Å². The number of phenolic OH excluding ortho intramolecular Hbond substituents is 1. The van der Waals surface area contributed by atoms with Crippen molar-refractivity contribution in [3.63, 3.8) is 0 Å². The summed E-state index contributed by atoms with van der Waals surface area (Å²) in [6.07, 6.45) is 11.0. The van der Waals surface area contributed by atoms with Crippen LogP contribution in [-0.2, 0) is 0 Å². The maximum Gasteiger partial charge on any atom is 0.189 e. The molecular formula is C25H25BrO3. The van der Waals surface area contributed by atoms with E-state index in [0.29, 0.717) is 11.3 Å². The maximum absolute atomic E-state index is 12.6. The summed E-state index contributed by atoms with van der Waals surface area (Å²) in [4.78, 5) is 12.6. The topological polar surface area (TPSA) is 46.5 Å². The number of carbonyl (C=O) groups is 1. The van der Waals surface area contributed by atoms with E-state index in [-0.39, 0.29) is 17.1 Å². The predicted molar refractivity (Wildman–Crippen MR) is 122 cm³/mol. The molecule has 0 saturated heterocycles. The highest BCUT2D eigenvalue weighted by Crippen LogP contribution is 2.40. The number of halogens is 1. The van der Waals surface area contributed by atoms with Crippen molar-refractivity contribution in [1.82, 2.24) is 0 Å². The fourth-order valence-corrected chi connectivity index (χ4v) is 3.46. The summed E-state index contributed by atoms with van der Waals surface area (Å²) >= 11 is 3.39. The normalized spacial score (nSPS) is 17.7. The van der Waals surface area contributed by atoms with Crippen LogP contribution in [0.25, 0.3) is 12.2 Å². The molecule has 0 radical (unpaired) electrons. The Bertz CT molecular complexity index is 995. The van der Waals surface area contributed by atoms with E-state index in [4.69, 9.17) is 4.74 Å². The van der Waals surface area contributed by atoms with Gasteiger partial charge in [0.05, 0.1) is 11.1 Å². The lowest BCUT2D eigenvalue weighted by Gasteiger charge is -2.32. The molecular weight excluding hydrogens is 428 g/mol. The molecule has 1 unspecified atom stereocenters. The van der Waals surface area contributed by atoms with Crippen molar-refractivity contribution in [1.29, 1.82) is 0 Å². The summed E-state index contributed by atoms with van der Waals surface area (Å²) in [5.74, 6) is 0.298. The summed E-state index contributed by atoms with van der Waals surface area (Å²) < 4.78 is 7.13. The number of fused-ring (bicyclic) bond motifs is 1. The number of carbonyl (C=O) groups excluding carboxylic acids is 1. The van der Waals surface area contributed by atoms with Gasteiger partial charge in [0.1, 0.15) is 17.1 Å². The van der Waals surface area contributed by atoms with Gasteiger partial charge in [-0.1, -0.05) is 45.8 Å². The minimum absolute atomic E-state index is 0.0458. The molecule has 3 rings (SSSR count). The zero-order valence-electron chi connectivity index (χ0n) is 16.9. The van der Waals surface area contributed by atoms with E-state index in [1.165, 1.54) is 11.6 Å². The average molecular weight is 453 g/mol. The highest BCUT2D eigenvalue weighted by molar-refractivity contribution is 9.10. The van der Waals surface area contributed by atoms with Crippen LogP contribution in [0.2, 0.25) is 0 Å². The molecule has 0 saturated carbocycles. The van der Waals surface area contributed by atoms with Gasteiger partial charge in [0.25, 0.3) is 0 Å². The first-order valence-electron chi connectivity index (χ1n) is 9.63. The van der Waals surface area contributed by atoms with Crippen molar-refractivity contribution in [2.24, 2.45) is 0 Å². The van der Waals surface area contributed by atoms with Crippen LogP contribution in [0, 0.1) is 0 Å². The summed E-state index contributed by atoms with van der Waals surface area (Å²) in [7, 11) is 0. The molecule has 2 aromatic carbocycles. The van der Waals surface area contributed by atoms with Gasteiger partial charge < -0.3 is 9.84 Å². The second-order valence-corrected chi connectivity index (χ2v) is 8.61. The van der Waals surface area contributed by atoms with E-state index in [1.54, 1.807) is 18.2 Å². The zero-order valence-corrected chi connectivity index (χ0v) is 18.5. The van der Waals surface area contributed by atoms with Crippen molar-refractivity contribution in [2.75, 3.05) is 0 Å². The Morgan fingerprint density at radius 2 is 1.90 bits per heavy atom. The Morgan fingerprint density at radius 3 is 2.59 bits per heavy atom. The van der Waals surface area contributed by atoms with Crippen LogP contribution in [0.4, 0.5) is 0 Å². The number of benzene rings is 2. The average Bonchev–Trinajstić information content (AvgIpc) is 2.67. The van der Waals surface area contributed by atoms with E-state index >= 15 is 0 Å². The van der Waals surface area contributed by atoms with Crippen molar-refractivity contribution >= 4 is 33.9 Å². The summed E-state index contributed by atoms with van der Waals surface area (Å²) in [5.41, 5.74) is 2.57. The molecule has 2 aromatic rings. The predicted octanol–water partition coefficient (Wildman–Crippen LogP) is 6.96. The Labute approximate surface area is 180 Å². The van der Waals surface area contributed by atoms with Crippen molar-refractivity contribution in [3.05, 3.63) is 81.4 Å². The molecule has 0 amide bonds. The lowest BCUT2D eigenvalue weighted by atomic mass is 9.93. The summed E-state index contributed by atoms with van der Waals surface area (Å²) in [6, 6.07) is 11.0. The SMILES string of the molecule is CC(C)=CCCC1(C)C=Cc2c(ccc(C(=O)/C=C/c3ccc(Br)cc3)c2O)O1. The van der Waals surface area contributed by atoms with E-state index < -0.39 is 5.60 Å². The first-order valence-corrected chi connectivity index (χ1v) is 10.4. The fourth-order valence-electron chi connectivity index (χ4n) is 3.20. The Kier molecular flexibility index (Phi) is 6.43. The van der Waals surface area contributed by atoms with Crippen LogP contribution in [-0.4, -0.2) is 16.5 Å². The third kappa shape index (κ3) is 5.27. The first kappa shape index (κ1) is 21.1. The zero-order chi connectivity index (χ0) is 21.0. The second-order valence-electron chi connectivity index (χ2n) is 7.69. The first-order chi connectivity index (χ1) is 13.8. The van der Waals surface area contributed by atoms with Crippen LogP contribution in [0.1, 0.15) is 55.1 Å². The largest absolute Gasteiger partial charge is 0.506 e. The van der Waals surface area contributed by atoms with E-state index in [1.807, 2.05) is 43.3 Å². The number of hydrogen-bond acceptors (Lipinski definition) is 3. The Balaban J connectivity index is 1.78. The van der Waals surface area contributed by atoms with Gasteiger partial charge in [-0.2, -0.15) is 0 Å². The Morgan fingerprint density at radius 1 is 1.17 bits per heavy atom. The minimum atomic E-state index is -0.432. The molecule has 3 nitrogen and oxygen atoms in total. The molecule has 0 fully saturated rings. The van der Waals surface area contributed by atoms with Crippen LogP contribution in [0.3, 0.4) is 0 Å². The number of ketones is 1. The number of aromatic hydroxyl groups is 1. The van der Waals surface area contributed by atoms with Crippen LogP contribution >= 0.6 is 15.9 Å². The van der Waals surface area contributed by atoms with Crippen LogP contribution in [0.15, 0.2) is 64.7 Å². The standard InChI is InChI=1S/C25H25BrO3/c1-17(2)5-4-15-25(3)16-14-21-23(29-25)13-11-20(24(21)28)22(27)12-8-18-6-9-19(26)10-7-18/h5-14,16,28H,4,15H2,1-3H3/b12-8+. The second kappa shape index (κ2) is 8.83. The smallest absolute Gasteiger partial charge is 0.189 e. The third-order valence-corrected chi connectivity index (χ3v) is 5.41. The third-order valence-electron chi connectivity index (χ3n) is 4.88. The molecule has 0 bridgehead atoms. The Hall–Kier alpha value is -2.59. The molecule has 1 atom stereocenters. The molecule has 1 aliphatic rings. The van der Waals surface area contributed by atoms with E-state index in [2.05, 4.69) is 35.9 Å². The minimum Gasteiger partial charge on any atom is -0.506 e. The quantitative estimate of drug-likeness (QED) is 0.292. The molecule has 0 aliphatic carbocycles. The monoisotopic (exact) mass is 452 g/mol. The van der Waals surface area contributed by atoms with E-state index in [0.717, 1.165) is 22.9 Å². The molecule has 0 aromatic heterocycles.